The summed E-state index contributed by atoms with van der Waals surface area (Å²) < 4.78 is 14.9. The van der Waals surface area contributed by atoms with Crippen LogP contribution in [0, 0.1) is 5.82 Å². The largest absolute Gasteiger partial charge is 0.341 e. The quantitative estimate of drug-likeness (QED) is 0.813. The lowest BCUT2D eigenvalue weighted by Gasteiger charge is -2.23. The number of hydrogen-bond donors (Lipinski definition) is 1. The fraction of sp³-hybridized carbons (Fsp3) is 0.294. The van der Waals surface area contributed by atoms with Gasteiger partial charge in [0.1, 0.15) is 5.82 Å². The Hall–Kier alpha value is -1.39. The Bertz CT molecular complexity index is 615. The minimum Gasteiger partial charge on any atom is -0.341 e. The lowest BCUT2D eigenvalue weighted by molar-refractivity contribution is 0.598. The highest BCUT2D eigenvalue weighted by molar-refractivity contribution is 9.10. The zero-order valence-electron chi connectivity index (χ0n) is 12.5. The van der Waals surface area contributed by atoms with Gasteiger partial charge in [0.25, 0.3) is 0 Å². The molecule has 2 rings (SSSR count). The Morgan fingerprint density at radius 1 is 1.19 bits per heavy atom. The monoisotopic (exact) mass is 350 g/mol. The highest BCUT2D eigenvalue weighted by Gasteiger charge is 2.13. The summed E-state index contributed by atoms with van der Waals surface area (Å²) in [5.41, 5.74) is 2.70. The molecule has 0 saturated heterocycles. The van der Waals surface area contributed by atoms with Gasteiger partial charge in [-0.3, -0.25) is 0 Å². The van der Waals surface area contributed by atoms with Crippen molar-refractivity contribution in [1.82, 2.24) is 5.32 Å². The first kappa shape index (κ1) is 16.0. The number of hydrogen-bond acceptors (Lipinski definition) is 2. The molecule has 0 saturated carbocycles. The maximum absolute atomic E-state index is 13.9. The molecule has 0 heterocycles. The number of anilines is 2. The third-order valence-electron chi connectivity index (χ3n) is 3.56. The molecule has 0 fully saturated rings. The molecule has 21 heavy (non-hydrogen) atoms. The Morgan fingerprint density at radius 3 is 2.52 bits per heavy atom. The minimum atomic E-state index is -0.225. The van der Waals surface area contributed by atoms with Crippen molar-refractivity contribution in [3.63, 3.8) is 0 Å². The van der Waals surface area contributed by atoms with Crippen LogP contribution in [0.1, 0.15) is 25.5 Å². The normalized spacial score (nSPS) is 12.2. The van der Waals surface area contributed by atoms with E-state index in [1.165, 1.54) is 11.6 Å². The standard InChI is InChI=1S/C17H20BrFN2/c1-4-20-12(2)13-9-10-16(14(18)11-13)21(3)17-8-6-5-7-15(17)19/h5-12,20H,4H2,1-3H3. The minimum absolute atomic E-state index is 0.225. The highest BCUT2D eigenvalue weighted by atomic mass is 79.9. The maximum atomic E-state index is 13.9. The summed E-state index contributed by atoms with van der Waals surface area (Å²) >= 11 is 3.60. The van der Waals surface area contributed by atoms with Crippen LogP contribution in [0.3, 0.4) is 0 Å². The van der Waals surface area contributed by atoms with Crippen LogP contribution in [0.25, 0.3) is 0 Å². The fourth-order valence-electron chi connectivity index (χ4n) is 2.34. The molecule has 0 aliphatic heterocycles. The Kier molecular flexibility index (Phi) is 5.37. The first-order valence-corrected chi connectivity index (χ1v) is 7.85. The molecule has 0 aliphatic carbocycles. The van der Waals surface area contributed by atoms with Gasteiger partial charge in [0.2, 0.25) is 0 Å². The average Bonchev–Trinajstić information content (AvgIpc) is 2.47. The summed E-state index contributed by atoms with van der Waals surface area (Å²) in [5, 5.41) is 3.38. The van der Waals surface area contributed by atoms with E-state index in [2.05, 4.69) is 47.2 Å². The van der Waals surface area contributed by atoms with Gasteiger partial charge >= 0.3 is 0 Å². The van der Waals surface area contributed by atoms with E-state index in [0.717, 1.165) is 16.7 Å². The van der Waals surface area contributed by atoms with E-state index < -0.39 is 0 Å². The Balaban J connectivity index is 2.31. The smallest absolute Gasteiger partial charge is 0.146 e. The van der Waals surface area contributed by atoms with Crippen molar-refractivity contribution < 1.29 is 4.39 Å². The predicted octanol–water partition coefficient (Wildman–Crippen LogP) is 5.03. The van der Waals surface area contributed by atoms with Gasteiger partial charge < -0.3 is 10.2 Å². The average molecular weight is 351 g/mol. The molecule has 0 radical (unpaired) electrons. The third kappa shape index (κ3) is 3.63. The molecule has 2 aromatic carbocycles. The van der Waals surface area contributed by atoms with Crippen molar-refractivity contribution in [2.45, 2.75) is 19.9 Å². The number of halogens is 2. The Labute approximate surface area is 134 Å². The first-order chi connectivity index (χ1) is 10.0. The van der Waals surface area contributed by atoms with Gasteiger partial charge in [0, 0.05) is 17.6 Å². The van der Waals surface area contributed by atoms with Crippen LogP contribution >= 0.6 is 15.9 Å². The van der Waals surface area contributed by atoms with E-state index in [4.69, 9.17) is 0 Å². The van der Waals surface area contributed by atoms with E-state index in [1.54, 1.807) is 12.1 Å². The summed E-state index contributed by atoms with van der Waals surface area (Å²) in [5.74, 6) is -0.225. The van der Waals surface area contributed by atoms with Crippen LogP contribution in [-0.2, 0) is 0 Å². The highest BCUT2D eigenvalue weighted by Crippen LogP contribution is 2.33. The molecular formula is C17H20BrFN2. The second kappa shape index (κ2) is 7.05. The first-order valence-electron chi connectivity index (χ1n) is 7.05. The third-order valence-corrected chi connectivity index (χ3v) is 4.19. The van der Waals surface area contributed by atoms with E-state index in [-0.39, 0.29) is 5.82 Å². The SMILES string of the molecule is CCNC(C)c1ccc(N(C)c2ccccc2F)c(Br)c1. The van der Waals surface area contributed by atoms with Crippen molar-refractivity contribution in [3.8, 4) is 0 Å². The van der Waals surface area contributed by atoms with Gasteiger partial charge in [-0.25, -0.2) is 4.39 Å². The summed E-state index contributed by atoms with van der Waals surface area (Å²) in [6, 6.07) is 13.2. The summed E-state index contributed by atoms with van der Waals surface area (Å²) in [4.78, 5) is 1.85. The van der Waals surface area contributed by atoms with Crippen LogP contribution < -0.4 is 10.2 Å². The molecule has 0 aliphatic rings. The van der Waals surface area contributed by atoms with Crippen molar-refractivity contribution in [2.75, 3.05) is 18.5 Å². The zero-order valence-corrected chi connectivity index (χ0v) is 14.1. The molecule has 2 aromatic rings. The Morgan fingerprint density at radius 2 is 1.90 bits per heavy atom. The molecule has 1 atom stereocenters. The van der Waals surface area contributed by atoms with E-state index >= 15 is 0 Å². The van der Waals surface area contributed by atoms with Crippen molar-refractivity contribution in [2.24, 2.45) is 0 Å². The fourth-order valence-corrected chi connectivity index (χ4v) is 3.00. The van der Waals surface area contributed by atoms with Gasteiger partial charge in [-0.15, -0.1) is 0 Å². The van der Waals surface area contributed by atoms with Gasteiger partial charge in [-0.2, -0.15) is 0 Å². The second-order valence-corrected chi connectivity index (χ2v) is 5.85. The molecule has 0 aromatic heterocycles. The van der Waals surface area contributed by atoms with Gasteiger partial charge in [0.15, 0.2) is 0 Å². The molecule has 112 valence electrons. The lowest BCUT2D eigenvalue weighted by Crippen LogP contribution is -2.18. The lowest BCUT2D eigenvalue weighted by atomic mass is 10.1. The van der Waals surface area contributed by atoms with Crippen molar-refractivity contribution in [3.05, 3.63) is 58.3 Å². The maximum Gasteiger partial charge on any atom is 0.146 e. The number of para-hydroxylation sites is 1. The molecular weight excluding hydrogens is 331 g/mol. The van der Waals surface area contributed by atoms with Crippen molar-refractivity contribution >= 4 is 27.3 Å². The predicted molar refractivity (Wildman–Crippen MR) is 90.7 cm³/mol. The van der Waals surface area contributed by atoms with Crippen molar-refractivity contribution in [1.29, 1.82) is 0 Å². The van der Waals surface area contributed by atoms with E-state index in [1.807, 2.05) is 24.1 Å². The number of benzene rings is 2. The van der Waals surface area contributed by atoms with Gasteiger partial charge in [-0.1, -0.05) is 25.1 Å². The van der Waals surface area contributed by atoms with E-state index in [0.29, 0.717) is 11.7 Å². The van der Waals surface area contributed by atoms with E-state index in [9.17, 15) is 4.39 Å². The number of nitrogens with zero attached hydrogens (tertiary/aromatic N) is 1. The van der Waals surface area contributed by atoms with Crippen LogP contribution in [-0.4, -0.2) is 13.6 Å². The zero-order chi connectivity index (χ0) is 15.4. The van der Waals surface area contributed by atoms with Crippen LogP contribution in [0.5, 0.6) is 0 Å². The molecule has 4 heteroatoms. The molecule has 0 spiro atoms. The van der Waals surface area contributed by atoms with Crippen LogP contribution in [0.15, 0.2) is 46.9 Å². The van der Waals surface area contributed by atoms with Gasteiger partial charge in [0.05, 0.1) is 11.4 Å². The van der Waals surface area contributed by atoms with Crippen LogP contribution in [0.2, 0.25) is 0 Å². The molecule has 0 amide bonds. The molecule has 0 bridgehead atoms. The molecule has 1 unspecified atom stereocenters. The van der Waals surface area contributed by atoms with Crippen LogP contribution in [0.4, 0.5) is 15.8 Å². The number of nitrogens with one attached hydrogen (secondary N) is 1. The summed E-state index contributed by atoms with van der Waals surface area (Å²) in [7, 11) is 1.87. The number of rotatable bonds is 5. The summed E-state index contributed by atoms with van der Waals surface area (Å²) in [6.45, 7) is 5.15. The molecule has 1 N–H and O–H groups in total. The molecule has 2 nitrogen and oxygen atoms in total. The second-order valence-electron chi connectivity index (χ2n) is 5.00. The summed E-state index contributed by atoms with van der Waals surface area (Å²) in [6.07, 6.45) is 0. The topological polar surface area (TPSA) is 15.3 Å². The van der Waals surface area contributed by atoms with Gasteiger partial charge in [-0.05, 0) is 59.2 Å².